The number of aryl methyl sites for hydroxylation is 1. The zero-order valence-electron chi connectivity index (χ0n) is 11.4. The van der Waals surface area contributed by atoms with Crippen molar-refractivity contribution in [2.24, 2.45) is 0 Å². The van der Waals surface area contributed by atoms with Crippen molar-refractivity contribution < 1.29 is 0 Å². The summed E-state index contributed by atoms with van der Waals surface area (Å²) >= 11 is 6.14. The third kappa shape index (κ3) is 2.54. The zero-order chi connectivity index (χ0) is 13.4. The Morgan fingerprint density at radius 2 is 2.00 bits per heavy atom. The Hall–Kier alpha value is -1.31. The molecule has 1 heterocycles. The molecule has 1 aliphatic heterocycles. The third-order valence-corrected chi connectivity index (χ3v) is 4.09. The molecule has 1 aliphatic rings. The van der Waals surface area contributed by atoms with Gasteiger partial charge in [0, 0.05) is 24.0 Å². The number of nitrogens with zero attached hydrogens (tertiary/aromatic N) is 1. The fourth-order valence-electron chi connectivity index (χ4n) is 2.99. The van der Waals surface area contributed by atoms with Crippen LogP contribution >= 0.6 is 11.6 Å². The van der Waals surface area contributed by atoms with E-state index < -0.39 is 0 Å². The summed E-state index contributed by atoms with van der Waals surface area (Å²) in [5.74, 6) is 0.424. The second kappa shape index (κ2) is 4.99. The smallest absolute Gasteiger partial charge is 0.0408 e. The lowest BCUT2D eigenvalue weighted by Crippen LogP contribution is -2.31. The molecule has 0 radical (unpaired) electrons. The summed E-state index contributed by atoms with van der Waals surface area (Å²) in [4.78, 5) is 2.38. The maximum absolute atomic E-state index is 6.14. The normalized spacial score (nSPS) is 19.2. The van der Waals surface area contributed by atoms with E-state index in [1.165, 1.54) is 22.3 Å². The van der Waals surface area contributed by atoms with Crippen LogP contribution in [0.1, 0.15) is 28.2 Å². The highest BCUT2D eigenvalue weighted by molar-refractivity contribution is 6.30. The lowest BCUT2D eigenvalue weighted by atomic mass is 9.84. The second-order valence-electron chi connectivity index (χ2n) is 5.51. The predicted molar refractivity (Wildman–Crippen MR) is 80.8 cm³/mol. The molecule has 2 heteroatoms. The van der Waals surface area contributed by atoms with E-state index in [0.29, 0.717) is 5.92 Å². The van der Waals surface area contributed by atoms with Gasteiger partial charge in [0.1, 0.15) is 0 Å². The summed E-state index contributed by atoms with van der Waals surface area (Å²) in [5.41, 5.74) is 5.53. The van der Waals surface area contributed by atoms with Gasteiger partial charge < -0.3 is 4.90 Å². The maximum Gasteiger partial charge on any atom is 0.0408 e. The van der Waals surface area contributed by atoms with Crippen molar-refractivity contribution in [3.8, 4) is 0 Å². The molecule has 0 fully saturated rings. The van der Waals surface area contributed by atoms with Crippen molar-refractivity contribution in [1.29, 1.82) is 0 Å². The first-order valence-corrected chi connectivity index (χ1v) is 7.05. The fourth-order valence-corrected chi connectivity index (χ4v) is 3.18. The summed E-state index contributed by atoms with van der Waals surface area (Å²) in [6.45, 7) is 4.24. The average molecular weight is 272 g/mol. The average Bonchev–Trinajstić information content (AvgIpc) is 2.37. The first-order chi connectivity index (χ1) is 9.13. The van der Waals surface area contributed by atoms with Crippen LogP contribution in [0.15, 0.2) is 42.5 Å². The molecule has 98 valence electrons. The SMILES string of the molecule is Cc1ccc2c(c1)CN(C)C[C@@H]2c1cccc(Cl)c1. The van der Waals surface area contributed by atoms with Crippen LogP contribution in [0.2, 0.25) is 5.02 Å². The van der Waals surface area contributed by atoms with Gasteiger partial charge in [-0.3, -0.25) is 0 Å². The van der Waals surface area contributed by atoms with Crippen molar-refractivity contribution in [1.82, 2.24) is 4.90 Å². The van der Waals surface area contributed by atoms with Gasteiger partial charge in [-0.1, -0.05) is 47.5 Å². The van der Waals surface area contributed by atoms with Crippen molar-refractivity contribution in [2.45, 2.75) is 19.4 Å². The summed E-state index contributed by atoms with van der Waals surface area (Å²) < 4.78 is 0. The minimum atomic E-state index is 0.424. The maximum atomic E-state index is 6.14. The highest BCUT2D eigenvalue weighted by Gasteiger charge is 2.24. The van der Waals surface area contributed by atoms with E-state index in [1.54, 1.807) is 0 Å². The van der Waals surface area contributed by atoms with Gasteiger partial charge in [-0.2, -0.15) is 0 Å². The van der Waals surface area contributed by atoms with Crippen LogP contribution in [0.4, 0.5) is 0 Å². The highest BCUT2D eigenvalue weighted by Crippen LogP contribution is 2.34. The quantitative estimate of drug-likeness (QED) is 0.750. The molecule has 3 rings (SSSR count). The van der Waals surface area contributed by atoms with Crippen molar-refractivity contribution in [3.63, 3.8) is 0 Å². The number of likely N-dealkylation sites (N-methyl/N-ethyl adjacent to an activating group) is 1. The summed E-state index contributed by atoms with van der Waals surface area (Å²) in [7, 11) is 2.18. The topological polar surface area (TPSA) is 3.24 Å². The minimum absolute atomic E-state index is 0.424. The molecular weight excluding hydrogens is 254 g/mol. The highest BCUT2D eigenvalue weighted by atomic mass is 35.5. The van der Waals surface area contributed by atoms with Gasteiger partial charge in [0.2, 0.25) is 0 Å². The predicted octanol–water partition coefficient (Wildman–Crippen LogP) is 4.23. The molecule has 0 aliphatic carbocycles. The molecular formula is C17H18ClN. The molecule has 0 bridgehead atoms. The number of benzene rings is 2. The van der Waals surface area contributed by atoms with Gasteiger partial charge >= 0.3 is 0 Å². The lowest BCUT2D eigenvalue weighted by Gasteiger charge is -2.33. The Labute approximate surface area is 119 Å². The molecule has 1 atom stereocenters. The Bertz CT molecular complexity index is 606. The number of halogens is 1. The monoisotopic (exact) mass is 271 g/mol. The molecule has 0 aromatic heterocycles. The molecule has 0 amide bonds. The van der Waals surface area contributed by atoms with Crippen molar-refractivity contribution in [2.75, 3.05) is 13.6 Å². The van der Waals surface area contributed by atoms with Crippen LogP contribution in [0.3, 0.4) is 0 Å². The number of hydrogen-bond donors (Lipinski definition) is 0. The minimum Gasteiger partial charge on any atom is -0.301 e. The standard InChI is InChI=1S/C17H18ClN/c1-12-6-7-16-14(8-12)10-19(2)11-17(16)13-4-3-5-15(18)9-13/h3-9,17H,10-11H2,1-2H3/t17-/m1/s1. The van der Waals surface area contributed by atoms with Crippen LogP contribution in [-0.4, -0.2) is 18.5 Å². The van der Waals surface area contributed by atoms with Gasteiger partial charge in [0.25, 0.3) is 0 Å². The molecule has 19 heavy (non-hydrogen) atoms. The second-order valence-corrected chi connectivity index (χ2v) is 5.94. The van der Waals surface area contributed by atoms with Gasteiger partial charge in [-0.05, 0) is 42.8 Å². The molecule has 1 nitrogen and oxygen atoms in total. The fraction of sp³-hybridized carbons (Fsp3) is 0.294. The van der Waals surface area contributed by atoms with E-state index in [1.807, 2.05) is 12.1 Å². The first kappa shape index (κ1) is 12.7. The molecule has 0 spiro atoms. The van der Waals surface area contributed by atoms with Crippen LogP contribution in [0.25, 0.3) is 0 Å². The Balaban J connectivity index is 2.08. The van der Waals surface area contributed by atoms with Crippen molar-refractivity contribution in [3.05, 3.63) is 69.7 Å². The van der Waals surface area contributed by atoms with E-state index in [-0.39, 0.29) is 0 Å². The van der Waals surface area contributed by atoms with Gasteiger partial charge in [-0.15, -0.1) is 0 Å². The van der Waals surface area contributed by atoms with Gasteiger partial charge in [-0.25, -0.2) is 0 Å². The first-order valence-electron chi connectivity index (χ1n) is 6.67. The Kier molecular flexibility index (Phi) is 3.34. The number of rotatable bonds is 1. The molecule has 0 saturated carbocycles. The van der Waals surface area contributed by atoms with Crippen LogP contribution in [0.5, 0.6) is 0 Å². The van der Waals surface area contributed by atoms with Crippen LogP contribution in [0, 0.1) is 6.92 Å². The molecule has 2 aromatic rings. The van der Waals surface area contributed by atoms with E-state index in [4.69, 9.17) is 11.6 Å². The lowest BCUT2D eigenvalue weighted by molar-refractivity contribution is 0.295. The van der Waals surface area contributed by atoms with Gasteiger partial charge in [0.05, 0.1) is 0 Å². The number of fused-ring (bicyclic) bond motifs is 1. The van der Waals surface area contributed by atoms with Crippen LogP contribution in [-0.2, 0) is 6.54 Å². The van der Waals surface area contributed by atoms with E-state index in [0.717, 1.165) is 18.1 Å². The molecule has 0 saturated heterocycles. The summed E-state index contributed by atoms with van der Waals surface area (Å²) in [6, 6.07) is 15.1. The summed E-state index contributed by atoms with van der Waals surface area (Å²) in [5, 5.41) is 0.819. The molecule has 0 N–H and O–H groups in total. The van der Waals surface area contributed by atoms with Gasteiger partial charge in [0.15, 0.2) is 0 Å². The molecule has 2 aromatic carbocycles. The molecule has 0 unspecified atom stereocenters. The Morgan fingerprint density at radius 1 is 1.16 bits per heavy atom. The van der Waals surface area contributed by atoms with Crippen LogP contribution < -0.4 is 0 Å². The Morgan fingerprint density at radius 3 is 2.79 bits per heavy atom. The van der Waals surface area contributed by atoms with E-state index >= 15 is 0 Å². The third-order valence-electron chi connectivity index (χ3n) is 3.86. The van der Waals surface area contributed by atoms with E-state index in [9.17, 15) is 0 Å². The summed E-state index contributed by atoms with van der Waals surface area (Å²) in [6.07, 6.45) is 0. The van der Waals surface area contributed by atoms with E-state index in [2.05, 4.69) is 49.2 Å². The number of hydrogen-bond acceptors (Lipinski definition) is 1. The largest absolute Gasteiger partial charge is 0.301 e. The zero-order valence-corrected chi connectivity index (χ0v) is 12.1. The van der Waals surface area contributed by atoms with Crippen molar-refractivity contribution >= 4 is 11.6 Å².